The molecular weight excluding hydrogens is 338 g/mol. The van der Waals surface area contributed by atoms with Gasteiger partial charge in [0.15, 0.2) is 0 Å². The van der Waals surface area contributed by atoms with Gasteiger partial charge in [-0.3, -0.25) is 4.68 Å². The SMILES string of the molecule is CCn1nc(C)c(Br)c1CC(N)c1cc(C)cc(Cl)c1. The molecule has 5 heteroatoms. The van der Waals surface area contributed by atoms with Crippen molar-refractivity contribution in [2.45, 2.75) is 39.8 Å². The summed E-state index contributed by atoms with van der Waals surface area (Å²) in [5, 5.41) is 5.23. The molecule has 108 valence electrons. The zero-order valence-corrected chi connectivity index (χ0v) is 14.3. The average Bonchev–Trinajstić information content (AvgIpc) is 2.65. The average molecular weight is 357 g/mol. The third-order valence-corrected chi connectivity index (χ3v) is 4.61. The number of benzene rings is 1. The van der Waals surface area contributed by atoms with E-state index < -0.39 is 0 Å². The van der Waals surface area contributed by atoms with Crippen molar-refractivity contribution < 1.29 is 0 Å². The van der Waals surface area contributed by atoms with Crippen molar-refractivity contribution in [2.24, 2.45) is 5.73 Å². The van der Waals surface area contributed by atoms with Gasteiger partial charge in [0, 0.05) is 24.0 Å². The number of hydrogen-bond donors (Lipinski definition) is 1. The molecule has 20 heavy (non-hydrogen) atoms. The predicted octanol–water partition coefficient (Wildman–Crippen LogP) is 4.18. The highest BCUT2D eigenvalue weighted by atomic mass is 79.9. The first kappa shape index (κ1) is 15.5. The molecular formula is C15H19BrClN3. The van der Waals surface area contributed by atoms with Gasteiger partial charge in [0.1, 0.15) is 0 Å². The number of nitrogens with two attached hydrogens (primary N) is 1. The van der Waals surface area contributed by atoms with Gasteiger partial charge in [0.25, 0.3) is 0 Å². The van der Waals surface area contributed by atoms with Crippen LogP contribution >= 0.6 is 27.5 Å². The van der Waals surface area contributed by atoms with E-state index in [9.17, 15) is 0 Å². The molecule has 0 spiro atoms. The minimum absolute atomic E-state index is 0.0925. The van der Waals surface area contributed by atoms with Crippen LogP contribution in [0, 0.1) is 13.8 Å². The Morgan fingerprint density at radius 3 is 2.65 bits per heavy atom. The molecule has 0 saturated carbocycles. The number of aromatic nitrogens is 2. The van der Waals surface area contributed by atoms with Crippen molar-refractivity contribution in [3.05, 3.63) is 50.2 Å². The first-order chi connectivity index (χ1) is 9.42. The van der Waals surface area contributed by atoms with E-state index in [0.29, 0.717) is 0 Å². The third kappa shape index (κ3) is 3.25. The number of hydrogen-bond acceptors (Lipinski definition) is 2. The first-order valence-electron chi connectivity index (χ1n) is 6.66. The fraction of sp³-hybridized carbons (Fsp3) is 0.400. The Labute approximate surface area is 133 Å². The lowest BCUT2D eigenvalue weighted by Crippen LogP contribution is -2.16. The first-order valence-corrected chi connectivity index (χ1v) is 7.84. The fourth-order valence-corrected chi connectivity index (χ4v) is 3.11. The molecule has 0 aliphatic carbocycles. The van der Waals surface area contributed by atoms with E-state index in [1.165, 1.54) is 0 Å². The molecule has 0 amide bonds. The Kier molecular flexibility index (Phi) is 4.89. The van der Waals surface area contributed by atoms with Gasteiger partial charge >= 0.3 is 0 Å². The number of rotatable bonds is 4. The second kappa shape index (κ2) is 6.29. The van der Waals surface area contributed by atoms with Crippen LogP contribution < -0.4 is 5.73 Å². The molecule has 1 atom stereocenters. The molecule has 1 unspecified atom stereocenters. The molecule has 0 aliphatic heterocycles. The van der Waals surface area contributed by atoms with Gasteiger partial charge in [-0.25, -0.2) is 0 Å². The van der Waals surface area contributed by atoms with Crippen LogP contribution in [0.3, 0.4) is 0 Å². The lowest BCUT2D eigenvalue weighted by atomic mass is 10.0. The van der Waals surface area contributed by atoms with Crippen LogP contribution in [0.15, 0.2) is 22.7 Å². The summed E-state index contributed by atoms with van der Waals surface area (Å²) in [5.74, 6) is 0. The van der Waals surface area contributed by atoms with Gasteiger partial charge in [-0.05, 0) is 60.0 Å². The number of nitrogens with zero attached hydrogens (tertiary/aromatic N) is 2. The Bertz CT molecular complexity index is 602. The number of aryl methyl sites for hydroxylation is 3. The van der Waals surface area contributed by atoms with Crippen molar-refractivity contribution >= 4 is 27.5 Å². The summed E-state index contributed by atoms with van der Waals surface area (Å²) in [6.07, 6.45) is 0.731. The smallest absolute Gasteiger partial charge is 0.0738 e. The summed E-state index contributed by atoms with van der Waals surface area (Å²) in [6.45, 7) is 6.94. The zero-order valence-electron chi connectivity index (χ0n) is 12.0. The Morgan fingerprint density at radius 1 is 1.35 bits per heavy atom. The molecule has 2 aromatic rings. The highest BCUT2D eigenvalue weighted by Crippen LogP contribution is 2.27. The van der Waals surface area contributed by atoms with E-state index in [1.807, 2.05) is 30.7 Å². The summed E-state index contributed by atoms with van der Waals surface area (Å²) in [6, 6.07) is 5.87. The van der Waals surface area contributed by atoms with Crippen LogP contribution in [-0.2, 0) is 13.0 Å². The maximum atomic E-state index is 6.35. The van der Waals surface area contributed by atoms with Gasteiger partial charge in [-0.15, -0.1) is 0 Å². The van der Waals surface area contributed by atoms with Crippen LogP contribution in [0.1, 0.15) is 35.5 Å². The minimum atomic E-state index is -0.0925. The molecule has 0 radical (unpaired) electrons. The fourth-order valence-electron chi connectivity index (χ4n) is 2.37. The summed E-state index contributed by atoms with van der Waals surface area (Å²) in [7, 11) is 0. The van der Waals surface area contributed by atoms with Crippen molar-refractivity contribution in [1.82, 2.24) is 9.78 Å². The van der Waals surface area contributed by atoms with E-state index in [-0.39, 0.29) is 6.04 Å². The molecule has 0 bridgehead atoms. The second-order valence-corrected chi connectivity index (χ2v) is 6.26. The summed E-state index contributed by atoms with van der Waals surface area (Å²) in [5.41, 5.74) is 10.7. The molecule has 1 aromatic carbocycles. The highest BCUT2D eigenvalue weighted by molar-refractivity contribution is 9.10. The van der Waals surface area contributed by atoms with Crippen LogP contribution in [0.4, 0.5) is 0 Å². The van der Waals surface area contributed by atoms with Gasteiger partial charge < -0.3 is 5.73 Å². The normalized spacial score (nSPS) is 12.7. The molecule has 1 heterocycles. The number of halogens is 2. The maximum absolute atomic E-state index is 6.35. The second-order valence-electron chi connectivity index (χ2n) is 5.03. The maximum Gasteiger partial charge on any atom is 0.0738 e. The van der Waals surface area contributed by atoms with Gasteiger partial charge in [-0.2, -0.15) is 5.10 Å². The van der Waals surface area contributed by atoms with Gasteiger partial charge in [-0.1, -0.05) is 17.7 Å². The minimum Gasteiger partial charge on any atom is -0.324 e. The van der Waals surface area contributed by atoms with Crippen molar-refractivity contribution in [3.8, 4) is 0 Å². The Hall–Kier alpha value is -0.840. The van der Waals surface area contributed by atoms with Crippen LogP contribution in [0.25, 0.3) is 0 Å². The van der Waals surface area contributed by atoms with E-state index in [0.717, 1.165) is 45.0 Å². The third-order valence-electron chi connectivity index (χ3n) is 3.36. The van der Waals surface area contributed by atoms with E-state index in [4.69, 9.17) is 17.3 Å². The van der Waals surface area contributed by atoms with Gasteiger partial charge in [0.2, 0.25) is 0 Å². The van der Waals surface area contributed by atoms with Crippen molar-refractivity contribution in [2.75, 3.05) is 0 Å². The summed E-state index contributed by atoms with van der Waals surface area (Å²) in [4.78, 5) is 0. The quantitative estimate of drug-likeness (QED) is 0.893. The Balaban J connectivity index is 2.29. The molecule has 0 aliphatic rings. The van der Waals surface area contributed by atoms with E-state index >= 15 is 0 Å². The van der Waals surface area contributed by atoms with Gasteiger partial charge in [0.05, 0.1) is 15.9 Å². The summed E-state index contributed by atoms with van der Waals surface area (Å²) >= 11 is 9.72. The van der Waals surface area contributed by atoms with Crippen LogP contribution in [0.5, 0.6) is 0 Å². The van der Waals surface area contributed by atoms with Crippen LogP contribution in [-0.4, -0.2) is 9.78 Å². The lowest BCUT2D eigenvalue weighted by Gasteiger charge is -2.14. The predicted molar refractivity (Wildman–Crippen MR) is 87.2 cm³/mol. The van der Waals surface area contributed by atoms with Crippen molar-refractivity contribution in [1.29, 1.82) is 0 Å². The molecule has 0 saturated heterocycles. The van der Waals surface area contributed by atoms with E-state index in [1.54, 1.807) is 0 Å². The molecule has 2 N–H and O–H groups in total. The largest absolute Gasteiger partial charge is 0.324 e. The van der Waals surface area contributed by atoms with E-state index in [2.05, 4.69) is 34.0 Å². The molecule has 0 fully saturated rings. The summed E-state index contributed by atoms with van der Waals surface area (Å²) < 4.78 is 3.05. The lowest BCUT2D eigenvalue weighted by molar-refractivity contribution is 0.586. The molecule has 1 aromatic heterocycles. The monoisotopic (exact) mass is 355 g/mol. The zero-order chi connectivity index (χ0) is 14.9. The Morgan fingerprint density at radius 2 is 2.05 bits per heavy atom. The van der Waals surface area contributed by atoms with Crippen molar-refractivity contribution in [3.63, 3.8) is 0 Å². The molecule has 3 nitrogen and oxygen atoms in total. The molecule has 2 rings (SSSR count). The topological polar surface area (TPSA) is 43.8 Å². The standard InChI is InChI=1S/C15H19BrClN3/c1-4-20-14(15(16)10(3)19-20)8-13(18)11-5-9(2)6-12(17)7-11/h5-7,13H,4,8,18H2,1-3H3. The highest BCUT2D eigenvalue weighted by Gasteiger charge is 2.17. The van der Waals surface area contributed by atoms with Crippen LogP contribution in [0.2, 0.25) is 5.02 Å².